The number of amides is 2. The first-order valence-electron chi connectivity index (χ1n) is 7.07. The van der Waals surface area contributed by atoms with Gasteiger partial charge < -0.3 is 15.0 Å². The highest BCUT2D eigenvalue weighted by Gasteiger charge is 2.17. The monoisotopic (exact) mass is 366 g/mol. The molecule has 0 heterocycles. The zero-order valence-electron chi connectivity index (χ0n) is 13.2. The van der Waals surface area contributed by atoms with Crippen LogP contribution in [-0.4, -0.2) is 25.5 Å². The van der Waals surface area contributed by atoms with Gasteiger partial charge in [-0.05, 0) is 42.5 Å². The van der Waals surface area contributed by atoms with Crippen molar-refractivity contribution in [1.82, 2.24) is 0 Å². The number of anilines is 2. The van der Waals surface area contributed by atoms with E-state index in [1.54, 1.807) is 42.5 Å². The summed E-state index contributed by atoms with van der Waals surface area (Å²) in [6.07, 6.45) is 0. The zero-order chi connectivity index (χ0) is 17.7. The maximum absolute atomic E-state index is 12.2. The van der Waals surface area contributed by atoms with Crippen molar-refractivity contribution in [3.63, 3.8) is 0 Å². The third-order valence-corrected chi connectivity index (χ3v) is 3.80. The predicted octanol–water partition coefficient (Wildman–Crippen LogP) is 3.99. The number of nitrogens with zero attached hydrogens (tertiary/aromatic N) is 1. The lowest BCUT2D eigenvalue weighted by atomic mass is 10.2. The second-order valence-electron chi connectivity index (χ2n) is 4.98. The Morgan fingerprint density at radius 1 is 1.12 bits per heavy atom. The standard InChI is InChI=1S/C17H16Cl2N2O3/c1-11(22)21(14-7-8-16(24-2)15(19)9-14)10-17(23)20-13-5-3-12(18)4-6-13/h3-9H,10H2,1-2H3,(H,20,23). The molecular weight excluding hydrogens is 351 g/mol. The number of nitrogens with one attached hydrogen (secondary N) is 1. The molecule has 0 spiro atoms. The van der Waals surface area contributed by atoms with Crippen molar-refractivity contribution in [1.29, 1.82) is 0 Å². The van der Waals surface area contributed by atoms with E-state index in [-0.39, 0.29) is 18.4 Å². The van der Waals surface area contributed by atoms with Crippen LogP contribution in [0.3, 0.4) is 0 Å². The molecule has 2 aromatic rings. The number of rotatable bonds is 5. The Kier molecular flexibility index (Phi) is 6.06. The van der Waals surface area contributed by atoms with E-state index in [0.717, 1.165) is 0 Å². The van der Waals surface area contributed by atoms with Crippen LogP contribution in [0.25, 0.3) is 0 Å². The van der Waals surface area contributed by atoms with E-state index in [9.17, 15) is 9.59 Å². The molecule has 1 N–H and O–H groups in total. The van der Waals surface area contributed by atoms with Gasteiger partial charge in [-0.1, -0.05) is 23.2 Å². The molecule has 0 aliphatic rings. The molecule has 126 valence electrons. The van der Waals surface area contributed by atoms with Gasteiger partial charge in [-0.15, -0.1) is 0 Å². The first-order valence-corrected chi connectivity index (χ1v) is 7.83. The molecule has 0 aromatic heterocycles. The van der Waals surface area contributed by atoms with Crippen molar-refractivity contribution in [3.8, 4) is 5.75 Å². The van der Waals surface area contributed by atoms with E-state index in [2.05, 4.69) is 5.32 Å². The van der Waals surface area contributed by atoms with Crippen LogP contribution in [0.5, 0.6) is 5.75 Å². The van der Waals surface area contributed by atoms with Gasteiger partial charge in [0.1, 0.15) is 12.3 Å². The molecule has 0 aliphatic carbocycles. The number of carbonyl (C=O) groups excluding carboxylic acids is 2. The van der Waals surface area contributed by atoms with Crippen molar-refractivity contribution in [2.75, 3.05) is 23.9 Å². The Morgan fingerprint density at radius 3 is 2.33 bits per heavy atom. The quantitative estimate of drug-likeness (QED) is 0.869. The van der Waals surface area contributed by atoms with Crippen molar-refractivity contribution < 1.29 is 14.3 Å². The molecule has 2 rings (SSSR count). The molecule has 5 nitrogen and oxygen atoms in total. The van der Waals surface area contributed by atoms with Crippen LogP contribution in [0.15, 0.2) is 42.5 Å². The van der Waals surface area contributed by atoms with E-state index in [1.807, 2.05) is 0 Å². The average Bonchev–Trinajstić information content (AvgIpc) is 2.54. The van der Waals surface area contributed by atoms with Crippen molar-refractivity contribution >= 4 is 46.4 Å². The minimum absolute atomic E-state index is 0.138. The highest BCUT2D eigenvalue weighted by Crippen LogP contribution is 2.29. The molecule has 0 fully saturated rings. The van der Waals surface area contributed by atoms with E-state index in [0.29, 0.717) is 27.2 Å². The molecule has 0 unspecified atom stereocenters. The first kappa shape index (κ1) is 18.1. The van der Waals surface area contributed by atoms with Crippen LogP contribution in [0.1, 0.15) is 6.92 Å². The Hall–Kier alpha value is -2.24. The van der Waals surface area contributed by atoms with Gasteiger partial charge in [-0.3, -0.25) is 9.59 Å². The number of benzene rings is 2. The summed E-state index contributed by atoms with van der Waals surface area (Å²) in [6.45, 7) is 1.24. The summed E-state index contributed by atoms with van der Waals surface area (Å²) >= 11 is 11.9. The lowest BCUT2D eigenvalue weighted by Gasteiger charge is -2.21. The summed E-state index contributed by atoms with van der Waals surface area (Å²) < 4.78 is 5.08. The van der Waals surface area contributed by atoms with Crippen molar-refractivity contribution in [2.24, 2.45) is 0 Å². The molecule has 0 atom stereocenters. The predicted molar refractivity (Wildman–Crippen MR) is 96.1 cm³/mol. The minimum Gasteiger partial charge on any atom is -0.495 e. The molecule has 0 aliphatic heterocycles. The second-order valence-corrected chi connectivity index (χ2v) is 5.82. The van der Waals surface area contributed by atoms with Gasteiger partial charge in [-0.2, -0.15) is 0 Å². The first-order chi connectivity index (χ1) is 11.4. The average molecular weight is 367 g/mol. The molecule has 0 saturated carbocycles. The maximum atomic E-state index is 12.2. The van der Waals surface area contributed by atoms with Crippen molar-refractivity contribution in [3.05, 3.63) is 52.5 Å². The fraction of sp³-hybridized carbons (Fsp3) is 0.176. The molecule has 0 saturated heterocycles. The molecule has 2 aromatic carbocycles. The Balaban J connectivity index is 2.13. The molecule has 7 heteroatoms. The van der Waals surface area contributed by atoms with Crippen LogP contribution in [0, 0.1) is 0 Å². The van der Waals surface area contributed by atoms with Crippen LogP contribution < -0.4 is 15.0 Å². The van der Waals surface area contributed by atoms with Gasteiger partial charge in [0.05, 0.1) is 12.1 Å². The number of methoxy groups -OCH3 is 1. The summed E-state index contributed by atoms with van der Waals surface area (Å²) in [6, 6.07) is 11.6. The van der Waals surface area contributed by atoms with Crippen LogP contribution in [-0.2, 0) is 9.59 Å². The SMILES string of the molecule is COc1ccc(N(CC(=O)Nc2ccc(Cl)cc2)C(C)=O)cc1Cl. The maximum Gasteiger partial charge on any atom is 0.244 e. The van der Waals surface area contributed by atoms with Gasteiger partial charge in [0.2, 0.25) is 11.8 Å². The van der Waals surface area contributed by atoms with Crippen LogP contribution in [0.4, 0.5) is 11.4 Å². The Morgan fingerprint density at radius 2 is 1.79 bits per heavy atom. The highest BCUT2D eigenvalue weighted by atomic mass is 35.5. The fourth-order valence-electron chi connectivity index (χ4n) is 2.08. The van der Waals surface area contributed by atoms with Crippen LogP contribution in [0.2, 0.25) is 10.0 Å². The van der Waals surface area contributed by atoms with Crippen molar-refractivity contribution in [2.45, 2.75) is 6.92 Å². The summed E-state index contributed by atoms with van der Waals surface area (Å²) in [5, 5.41) is 3.65. The lowest BCUT2D eigenvalue weighted by Crippen LogP contribution is -2.36. The molecule has 24 heavy (non-hydrogen) atoms. The molecular formula is C17H16Cl2N2O3. The van der Waals surface area contributed by atoms with Gasteiger partial charge in [0, 0.05) is 23.3 Å². The van der Waals surface area contributed by atoms with Gasteiger partial charge in [-0.25, -0.2) is 0 Å². The molecule has 0 radical (unpaired) electrons. The Labute approximate surface area is 150 Å². The number of hydrogen-bond donors (Lipinski definition) is 1. The van der Waals surface area contributed by atoms with Crippen LogP contribution >= 0.6 is 23.2 Å². The third kappa shape index (κ3) is 4.63. The number of hydrogen-bond acceptors (Lipinski definition) is 3. The van der Waals surface area contributed by atoms with Gasteiger partial charge >= 0.3 is 0 Å². The molecule has 0 bridgehead atoms. The Bertz CT molecular complexity index is 748. The van der Waals surface area contributed by atoms with Gasteiger partial charge in [0.15, 0.2) is 0 Å². The largest absolute Gasteiger partial charge is 0.495 e. The lowest BCUT2D eigenvalue weighted by molar-refractivity contribution is -0.120. The topological polar surface area (TPSA) is 58.6 Å². The highest BCUT2D eigenvalue weighted by molar-refractivity contribution is 6.32. The number of carbonyl (C=O) groups is 2. The third-order valence-electron chi connectivity index (χ3n) is 3.26. The normalized spacial score (nSPS) is 10.2. The summed E-state index contributed by atoms with van der Waals surface area (Å²) in [5.74, 6) is -0.114. The number of halogens is 2. The molecule has 2 amide bonds. The minimum atomic E-state index is -0.334. The van der Waals surface area contributed by atoms with Gasteiger partial charge in [0.25, 0.3) is 0 Å². The smallest absolute Gasteiger partial charge is 0.244 e. The summed E-state index contributed by atoms with van der Waals surface area (Å²) in [5.41, 5.74) is 1.11. The summed E-state index contributed by atoms with van der Waals surface area (Å²) in [7, 11) is 1.50. The second kappa shape index (κ2) is 8.04. The number of ether oxygens (including phenoxy) is 1. The fourth-order valence-corrected chi connectivity index (χ4v) is 2.46. The summed E-state index contributed by atoms with van der Waals surface area (Å²) in [4.78, 5) is 25.4. The van der Waals surface area contributed by atoms with E-state index in [1.165, 1.54) is 18.9 Å². The zero-order valence-corrected chi connectivity index (χ0v) is 14.7. The van der Waals surface area contributed by atoms with E-state index >= 15 is 0 Å². The van der Waals surface area contributed by atoms with E-state index < -0.39 is 0 Å². The van der Waals surface area contributed by atoms with E-state index in [4.69, 9.17) is 27.9 Å².